The van der Waals surface area contributed by atoms with Gasteiger partial charge in [-0.3, -0.25) is 4.79 Å². The van der Waals surface area contributed by atoms with Crippen LogP contribution in [-0.2, 0) is 6.42 Å². The summed E-state index contributed by atoms with van der Waals surface area (Å²) in [6, 6.07) is 10.1. The quantitative estimate of drug-likeness (QED) is 0.818. The predicted molar refractivity (Wildman–Crippen MR) is 112 cm³/mol. The van der Waals surface area contributed by atoms with Crippen LogP contribution in [0.3, 0.4) is 0 Å². The molecule has 2 aromatic rings. The summed E-state index contributed by atoms with van der Waals surface area (Å²) in [5.41, 5.74) is 3.03. The van der Waals surface area contributed by atoms with Crippen LogP contribution in [0.15, 0.2) is 30.3 Å². The molecular weight excluding hydrogens is 350 g/mol. The maximum absolute atomic E-state index is 12.8. The second-order valence-corrected chi connectivity index (χ2v) is 7.69. The molecule has 0 saturated carbocycles. The summed E-state index contributed by atoms with van der Waals surface area (Å²) in [5.74, 6) is 1.95. The number of hydrogen-bond acceptors (Lipinski definition) is 5. The number of benzene rings is 1. The lowest BCUT2D eigenvalue weighted by molar-refractivity contribution is 0.0746. The average Bonchev–Trinajstić information content (AvgIpc) is 3.28. The van der Waals surface area contributed by atoms with Crippen LogP contribution in [0.5, 0.6) is 0 Å². The van der Waals surface area contributed by atoms with E-state index in [9.17, 15) is 4.79 Å². The van der Waals surface area contributed by atoms with Crippen molar-refractivity contribution in [2.45, 2.75) is 33.1 Å². The summed E-state index contributed by atoms with van der Waals surface area (Å²) < 4.78 is 0. The zero-order valence-electron chi connectivity index (χ0n) is 16.9. The zero-order chi connectivity index (χ0) is 19.5. The normalized spacial score (nSPS) is 17.3. The van der Waals surface area contributed by atoms with Crippen molar-refractivity contribution in [1.82, 2.24) is 14.9 Å². The third-order valence-corrected chi connectivity index (χ3v) is 5.72. The summed E-state index contributed by atoms with van der Waals surface area (Å²) in [4.78, 5) is 28.8. The lowest BCUT2D eigenvalue weighted by Crippen LogP contribution is -2.49. The van der Waals surface area contributed by atoms with E-state index in [4.69, 9.17) is 4.98 Å². The summed E-state index contributed by atoms with van der Waals surface area (Å²) in [6.07, 6.45) is 3.46. The molecule has 2 aliphatic heterocycles. The molecule has 148 valence electrons. The Balaban J connectivity index is 1.41. The Morgan fingerprint density at radius 3 is 2.25 bits per heavy atom. The second kappa shape index (κ2) is 8.17. The number of amides is 1. The molecule has 3 heterocycles. The molecule has 6 nitrogen and oxygen atoms in total. The maximum atomic E-state index is 12.8. The van der Waals surface area contributed by atoms with Crippen molar-refractivity contribution in [3.05, 3.63) is 47.2 Å². The van der Waals surface area contributed by atoms with Gasteiger partial charge in [-0.1, -0.05) is 19.1 Å². The molecule has 6 heteroatoms. The first kappa shape index (κ1) is 18.7. The van der Waals surface area contributed by atoms with Gasteiger partial charge in [-0.25, -0.2) is 4.98 Å². The standard InChI is InChI=1S/C22H29N5O/c1-3-18-6-8-19(9-7-18)21(28)26-12-14-27(15-13-26)22-23-17(2)16-20(24-22)25-10-4-5-11-25/h6-9,16H,3-5,10-15H2,1-2H3. The fourth-order valence-electron chi connectivity index (χ4n) is 3.96. The van der Waals surface area contributed by atoms with E-state index >= 15 is 0 Å². The summed E-state index contributed by atoms with van der Waals surface area (Å²) >= 11 is 0. The topological polar surface area (TPSA) is 52.6 Å². The lowest BCUT2D eigenvalue weighted by atomic mass is 10.1. The van der Waals surface area contributed by atoms with Crippen molar-refractivity contribution in [1.29, 1.82) is 0 Å². The molecule has 0 bridgehead atoms. The molecule has 2 saturated heterocycles. The monoisotopic (exact) mass is 379 g/mol. The minimum absolute atomic E-state index is 0.116. The van der Waals surface area contributed by atoms with Gasteiger partial charge in [0.1, 0.15) is 5.82 Å². The Morgan fingerprint density at radius 1 is 0.929 bits per heavy atom. The first-order chi connectivity index (χ1) is 13.6. The maximum Gasteiger partial charge on any atom is 0.253 e. The van der Waals surface area contributed by atoms with Crippen LogP contribution in [-0.4, -0.2) is 60.0 Å². The number of piperazine rings is 1. The van der Waals surface area contributed by atoms with Crippen LogP contribution in [0.4, 0.5) is 11.8 Å². The minimum atomic E-state index is 0.116. The van der Waals surface area contributed by atoms with Crippen LogP contribution in [0.1, 0.15) is 41.4 Å². The number of carbonyl (C=O) groups excluding carboxylic acids is 1. The summed E-state index contributed by atoms with van der Waals surface area (Å²) in [5, 5.41) is 0. The molecule has 2 aliphatic rings. The first-order valence-corrected chi connectivity index (χ1v) is 10.4. The van der Waals surface area contributed by atoms with Gasteiger partial charge in [-0.15, -0.1) is 0 Å². The molecular formula is C22H29N5O. The van der Waals surface area contributed by atoms with Gasteiger partial charge in [-0.2, -0.15) is 4.98 Å². The Morgan fingerprint density at radius 2 is 1.61 bits per heavy atom. The van der Waals surface area contributed by atoms with Gasteiger partial charge >= 0.3 is 0 Å². The van der Waals surface area contributed by atoms with Crippen molar-refractivity contribution in [3.8, 4) is 0 Å². The van der Waals surface area contributed by atoms with Crippen LogP contribution in [0.25, 0.3) is 0 Å². The number of rotatable bonds is 4. The van der Waals surface area contributed by atoms with Gasteiger partial charge in [0.25, 0.3) is 5.91 Å². The number of anilines is 2. The molecule has 0 atom stereocenters. The van der Waals surface area contributed by atoms with Crippen LogP contribution in [0.2, 0.25) is 0 Å². The zero-order valence-corrected chi connectivity index (χ0v) is 16.9. The highest BCUT2D eigenvalue weighted by atomic mass is 16.2. The van der Waals surface area contributed by atoms with E-state index in [2.05, 4.69) is 27.8 Å². The Kier molecular flexibility index (Phi) is 5.46. The van der Waals surface area contributed by atoms with Crippen LogP contribution >= 0.6 is 0 Å². The third kappa shape index (κ3) is 3.96. The third-order valence-electron chi connectivity index (χ3n) is 5.72. The van der Waals surface area contributed by atoms with Gasteiger partial charge in [0.15, 0.2) is 0 Å². The molecule has 2 fully saturated rings. The van der Waals surface area contributed by atoms with E-state index in [1.165, 1.54) is 18.4 Å². The second-order valence-electron chi connectivity index (χ2n) is 7.69. The molecule has 0 unspecified atom stereocenters. The SMILES string of the molecule is CCc1ccc(C(=O)N2CCN(c3nc(C)cc(N4CCCC4)n3)CC2)cc1. The minimum Gasteiger partial charge on any atom is -0.356 e. The van der Waals surface area contributed by atoms with E-state index in [0.717, 1.165) is 55.6 Å². The van der Waals surface area contributed by atoms with Crippen LogP contribution < -0.4 is 9.80 Å². The van der Waals surface area contributed by atoms with Gasteiger partial charge < -0.3 is 14.7 Å². The van der Waals surface area contributed by atoms with Crippen molar-refractivity contribution < 1.29 is 4.79 Å². The highest BCUT2D eigenvalue weighted by molar-refractivity contribution is 5.94. The largest absolute Gasteiger partial charge is 0.356 e. The highest BCUT2D eigenvalue weighted by Crippen LogP contribution is 2.22. The van der Waals surface area contributed by atoms with Crippen molar-refractivity contribution in [3.63, 3.8) is 0 Å². The Bertz CT molecular complexity index is 821. The van der Waals surface area contributed by atoms with Gasteiger partial charge in [-0.05, 0) is 43.9 Å². The van der Waals surface area contributed by atoms with Crippen molar-refractivity contribution >= 4 is 17.7 Å². The molecule has 0 N–H and O–H groups in total. The summed E-state index contributed by atoms with van der Waals surface area (Å²) in [6.45, 7) is 9.24. The molecule has 0 spiro atoms. The molecule has 1 amide bonds. The lowest BCUT2D eigenvalue weighted by Gasteiger charge is -2.35. The number of nitrogens with zero attached hydrogens (tertiary/aromatic N) is 5. The van der Waals surface area contributed by atoms with Crippen LogP contribution in [0, 0.1) is 6.92 Å². The smallest absolute Gasteiger partial charge is 0.253 e. The van der Waals surface area contributed by atoms with Crippen molar-refractivity contribution in [2.75, 3.05) is 49.1 Å². The van der Waals surface area contributed by atoms with Gasteiger partial charge in [0.2, 0.25) is 5.95 Å². The molecule has 28 heavy (non-hydrogen) atoms. The molecule has 1 aromatic heterocycles. The fourth-order valence-corrected chi connectivity index (χ4v) is 3.96. The molecule has 4 rings (SSSR count). The fraction of sp³-hybridized carbons (Fsp3) is 0.500. The van der Waals surface area contributed by atoms with Gasteiger partial charge in [0, 0.05) is 56.6 Å². The van der Waals surface area contributed by atoms with E-state index in [1.807, 2.05) is 36.1 Å². The number of hydrogen-bond donors (Lipinski definition) is 0. The molecule has 0 aliphatic carbocycles. The van der Waals surface area contributed by atoms with E-state index in [1.54, 1.807) is 0 Å². The number of aryl methyl sites for hydroxylation is 2. The summed E-state index contributed by atoms with van der Waals surface area (Å²) in [7, 11) is 0. The van der Waals surface area contributed by atoms with E-state index in [-0.39, 0.29) is 5.91 Å². The number of carbonyl (C=O) groups is 1. The average molecular weight is 380 g/mol. The molecule has 1 aromatic carbocycles. The van der Waals surface area contributed by atoms with Gasteiger partial charge in [0.05, 0.1) is 0 Å². The first-order valence-electron chi connectivity index (χ1n) is 10.4. The Hall–Kier alpha value is -2.63. The van der Waals surface area contributed by atoms with E-state index in [0.29, 0.717) is 13.1 Å². The highest BCUT2D eigenvalue weighted by Gasteiger charge is 2.24. The Labute approximate surface area is 167 Å². The molecule has 0 radical (unpaired) electrons. The number of aromatic nitrogens is 2. The van der Waals surface area contributed by atoms with E-state index < -0.39 is 0 Å². The predicted octanol–water partition coefficient (Wildman–Crippen LogP) is 2.91. The van der Waals surface area contributed by atoms with Crippen molar-refractivity contribution in [2.24, 2.45) is 0 Å².